The Morgan fingerprint density at radius 1 is 1.37 bits per heavy atom. The second-order valence-electron chi connectivity index (χ2n) is 7.03. The number of hydrogen-bond acceptors (Lipinski definition) is 7. The predicted molar refractivity (Wildman–Crippen MR) is 113 cm³/mol. The Balaban J connectivity index is 1.63. The van der Waals surface area contributed by atoms with E-state index in [4.69, 9.17) is 5.73 Å². The molecule has 1 saturated heterocycles. The van der Waals surface area contributed by atoms with E-state index in [2.05, 4.69) is 32.5 Å². The first-order chi connectivity index (χ1) is 14.4. The molecule has 0 radical (unpaired) electrons. The van der Waals surface area contributed by atoms with Crippen molar-refractivity contribution in [1.29, 1.82) is 0 Å². The van der Waals surface area contributed by atoms with E-state index in [-0.39, 0.29) is 27.3 Å². The fraction of sp³-hybridized carbons (Fsp3) is 0.316. The number of nitrogens with one attached hydrogen (secondary N) is 2. The van der Waals surface area contributed by atoms with Crippen LogP contribution in [0.4, 0.5) is 25.3 Å². The zero-order valence-electron chi connectivity index (χ0n) is 16.4. The van der Waals surface area contributed by atoms with E-state index < -0.39 is 17.5 Å². The molecule has 0 spiro atoms. The van der Waals surface area contributed by atoms with Crippen molar-refractivity contribution in [2.24, 2.45) is 7.05 Å². The molecular formula is C19H21F2N7OS. The number of benzene rings is 1. The van der Waals surface area contributed by atoms with E-state index in [1.165, 1.54) is 6.07 Å². The van der Waals surface area contributed by atoms with Crippen LogP contribution in [0.2, 0.25) is 0 Å². The minimum absolute atomic E-state index is 0.00962. The number of carbonyl (C=O) groups is 1. The number of rotatable bonds is 4. The molecule has 30 heavy (non-hydrogen) atoms. The van der Waals surface area contributed by atoms with Crippen molar-refractivity contribution >= 4 is 33.8 Å². The Labute approximate surface area is 175 Å². The Morgan fingerprint density at radius 3 is 2.80 bits per heavy atom. The Kier molecular flexibility index (Phi) is 5.39. The van der Waals surface area contributed by atoms with Gasteiger partial charge in [0.25, 0.3) is 5.91 Å². The third-order valence-electron chi connectivity index (χ3n) is 4.97. The lowest BCUT2D eigenvalue weighted by Gasteiger charge is -2.36. The maximum absolute atomic E-state index is 14.1. The van der Waals surface area contributed by atoms with Crippen LogP contribution in [0.1, 0.15) is 17.4 Å². The molecule has 1 aliphatic heterocycles. The van der Waals surface area contributed by atoms with Crippen LogP contribution in [-0.4, -0.2) is 46.3 Å². The van der Waals surface area contributed by atoms with E-state index in [0.29, 0.717) is 5.69 Å². The molecule has 1 amide bonds. The average Bonchev–Trinajstić information content (AvgIpc) is 3.25. The zero-order valence-corrected chi connectivity index (χ0v) is 17.3. The molecule has 1 atom stereocenters. The number of amides is 1. The van der Waals surface area contributed by atoms with Crippen LogP contribution in [0.15, 0.2) is 24.4 Å². The van der Waals surface area contributed by atoms with Gasteiger partial charge in [-0.05, 0) is 19.1 Å². The van der Waals surface area contributed by atoms with Gasteiger partial charge in [-0.1, -0.05) is 17.4 Å². The van der Waals surface area contributed by atoms with Crippen LogP contribution in [0.25, 0.3) is 10.6 Å². The third-order valence-corrected chi connectivity index (χ3v) is 5.88. The first-order valence-corrected chi connectivity index (χ1v) is 10.2. The number of anilines is 3. The Bertz CT molecular complexity index is 1080. The number of carbonyl (C=O) groups excluding carboxylic acids is 1. The number of halogens is 2. The smallest absolute Gasteiger partial charge is 0.277 e. The van der Waals surface area contributed by atoms with Crippen LogP contribution >= 0.6 is 11.3 Å². The standard InChI is InChI=1S/C19H21F2N7OS/c1-10-8-23-6-7-28(10)19-13(9-24-27(19)2)25-17(29)15-16(22)30-18(26-15)14-11(20)4-3-5-12(14)21/h3-5,9-10,23H,6-8,22H2,1-2H3,(H,25,29). The van der Waals surface area contributed by atoms with Crippen LogP contribution in [0.5, 0.6) is 0 Å². The van der Waals surface area contributed by atoms with Gasteiger partial charge in [0.1, 0.15) is 27.3 Å². The molecular weight excluding hydrogens is 412 g/mol. The summed E-state index contributed by atoms with van der Waals surface area (Å²) in [5.74, 6) is -1.33. The molecule has 1 fully saturated rings. The van der Waals surface area contributed by atoms with Crippen LogP contribution < -0.4 is 21.3 Å². The van der Waals surface area contributed by atoms with Crippen molar-refractivity contribution in [3.8, 4) is 10.6 Å². The summed E-state index contributed by atoms with van der Waals surface area (Å²) >= 11 is 0.859. The van der Waals surface area contributed by atoms with Crippen molar-refractivity contribution in [2.45, 2.75) is 13.0 Å². The van der Waals surface area contributed by atoms with Crippen molar-refractivity contribution in [3.05, 3.63) is 41.7 Å². The molecule has 0 saturated carbocycles. The van der Waals surface area contributed by atoms with Crippen LogP contribution in [-0.2, 0) is 7.05 Å². The number of nitrogens with zero attached hydrogens (tertiary/aromatic N) is 4. The molecule has 4 rings (SSSR count). The van der Waals surface area contributed by atoms with Gasteiger partial charge < -0.3 is 21.3 Å². The summed E-state index contributed by atoms with van der Waals surface area (Å²) in [4.78, 5) is 19.1. The molecule has 0 aliphatic carbocycles. The number of hydrogen-bond donors (Lipinski definition) is 3. The summed E-state index contributed by atoms with van der Waals surface area (Å²) in [7, 11) is 1.80. The normalized spacial score (nSPS) is 16.7. The maximum atomic E-state index is 14.1. The highest BCUT2D eigenvalue weighted by atomic mass is 32.1. The molecule has 11 heteroatoms. The quantitative estimate of drug-likeness (QED) is 0.584. The Hall–Kier alpha value is -3.05. The average molecular weight is 433 g/mol. The highest BCUT2D eigenvalue weighted by Gasteiger charge is 2.27. The summed E-state index contributed by atoms with van der Waals surface area (Å²) in [5.41, 5.74) is 6.08. The number of thiazole rings is 1. The number of nitrogens with two attached hydrogens (primary N) is 1. The van der Waals surface area contributed by atoms with Crippen molar-refractivity contribution in [1.82, 2.24) is 20.1 Å². The van der Waals surface area contributed by atoms with Crippen LogP contribution in [0, 0.1) is 11.6 Å². The largest absolute Gasteiger partial charge is 0.389 e. The lowest BCUT2D eigenvalue weighted by atomic mass is 10.2. The molecule has 1 unspecified atom stereocenters. The van der Waals surface area contributed by atoms with Gasteiger partial charge in [0.2, 0.25) is 0 Å². The van der Waals surface area contributed by atoms with E-state index in [1.807, 2.05) is 0 Å². The van der Waals surface area contributed by atoms with Crippen molar-refractivity contribution in [2.75, 3.05) is 35.6 Å². The summed E-state index contributed by atoms with van der Waals surface area (Å²) < 4.78 is 29.9. The molecule has 158 valence electrons. The highest BCUT2D eigenvalue weighted by molar-refractivity contribution is 7.19. The second-order valence-corrected chi connectivity index (χ2v) is 8.07. The summed E-state index contributed by atoms with van der Waals surface area (Å²) in [6.07, 6.45) is 1.56. The fourth-order valence-electron chi connectivity index (χ4n) is 3.50. The molecule has 8 nitrogen and oxygen atoms in total. The summed E-state index contributed by atoms with van der Waals surface area (Å²) in [6, 6.07) is 3.74. The van der Waals surface area contributed by atoms with Gasteiger partial charge >= 0.3 is 0 Å². The third kappa shape index (κ3) is 3.61. The van der Waals surface area contributed by atoms with Crippen molar-refractivity contribution in [3.63, 3.8) is 0 Å². The van der Waals surface area contributed by atoms with Crippen molar-refractivity contribution < 1.29 is 13.6 Å². The lowest BCUT2D eigenvalue weighted by Crippen LogP contribution is -2.50. The molecule has 2 aromatic heterocycles. The molecule has 0 bridgehead atoms. The van der Waals surface area contributed by atoms with Gasteiger partial charge in [0, 0.05) is 32.7 Å². The SMILES string of the molecule is CC1CNCCN1c1c(NC(=O)c2nc(-c3c(F)cccc3F)sc2N)cnn1C. The predicted octanol–water partition coefficient (Wildman–Crippen LogP) is 2.45. The highest BCUT2D eigenvalue weighted by Crippen LogP contribution is 2.34. The number of aryl methyl sites for hydroxylation is 1. The summed E-state index contributed by atoms with van der Waals surface area (Å²) in [6.45, 7) is 4.48. The molecule has 1 aliphatic rings. The molecule has 3 heterocycles. The first-order valence-electron chi connectivity index (χ1n) is 9.38. The van der Waals surface area contributed by atoms with Gasteiger partial charge in [-0.3, -0.25) is 9.48 Å². The van der Waals surface area contributed by atoms with E-state index in [9.17, 15) is 13.6 Å². The zero-order chi connectivity index (χ0) is 21.4. The molecule has 1 aromatic carbocycles. The lowest BCUT2D eigenvalue weighted by molar-refractivity contribution is 0.102. The maximum Gasteiger partial charge on any atom is 0.277 e. The summed E-state index contributed by atoms with van der Waals surface area (Å²) in [5, 5.41) is 10.5. The monoisotopic (exact) mass is 433 g/mol. The van der Waals surface area contributed by atoms with E-state index in [0.717, 1.165) is 48.9 Å². The minimum atomic E-state index is -0.766. The topological polar surface area (TPSA) is 101 Å². The minimum Gasteiger partial charge on any atom is -0.389 e. The van der Waals surface area contributed by atoms with E-state index in [1.54, 1.807) is 17.9 Å². The molecule has 4 N–H and O–H groups in total. The fourth-order valence-corrected chi connectivity index (χ4v) is 4.38. The second kappa shape index (κ2) is 8.00. The Morgan fingerprint density at radius 2 is 2.10 bits per heavy atom. The van der Waals surface area contributed by atoms with Gasteiger partial charge in [-0.15, -0.1) is 0 Å². The van der Waals surface area contributed by atoms with Gasteiger partial charge in [0.05, 0.1) is 11.8 Å². The van der Waals surface area contributed by atoms with Gasteiger partial charge in [0.15, 0.2) is 11.5 Å². The van der Waals surface area contributed by atoms with Gasteiger partial charge in [-0.25, -0.2) is 13.8 Å². The number of aromatic nitrogens is 3. The van der Waals surface area contributed by atoms with Crippen LogP contribution in [0.3, 0.4) is 0 Å². The first kappa shape index (κ1) is 20.2. The van der Waals surface area contributed by atoms with Gasteiger partial charge in [-0.2, -0.15) is 5.10 Å². The molecule has 3 aromatic rings. The number of nitrogen functional groups attached to an aromatic ring is 1. The van der Waals surface area contributed by atoms with E-state index >= 15 is 0 Å². The number of piperazine rings is 1.